The van der Waals surface area contributed by atoms with E-state index in [-0.39, 0.29) is 17.6 Å². The quantitative estimate of drug-likeness (QED) is 0.942. The van der Waals surface area contributed by atoms with Gasteiger partial charge in [0.15, 0.2) is 0 Å². The highest BCUT2D eigenvalue weighted by Gasteiger charge is 2.15. The summed E-state index contributed by atoms with van der Waals surface area (Å²) < 4.78 is 10.7. The van der Waals surface area contributed by atoms with Crippen LogP contribution in [0.4, 0.5) is 0 Å². The Morgan fingerprint density at radius 3 is 3.00 bits per heavy atom. The van der Waals surface area contributed by atoms with E-state index in [1.165, 1.54) is 5.56 Å². The molecular weight excluding hydrogens is 280 g/mol. The highest BCUT2D eigenvalue weighted by atomic mass is 16.5. The second-order valence-corrected chi connectivity index (χ2v) is 5.85. The summed E-state index contributed by atoms with van der Waals surface area (Å²) in [6, 6.07) is 7.74. The van der Waals surface area contributed by atoms with Crippen LogP contribution in [0.25, 0.3) is 0 Å². The van der Waals surface area contributed by atoms with Crippen molar-refractivity contribution in [3.8, 4) is 5.75 Å². The molecule has 1 aromatic heterocycles. The minimum atomic E-state index is -0.242. The molecule has 0 bridgehead atoms. The van der Waals surface area contributed by atoms with Crippen LogP contribution in [-0.2, 0) is 13.0 Å². The van der Waals surface area contributed by atoms with Gasteiger partial charge in [0.2, 0.25) is 5.76 Å². The maximum atomic E-state index is 12.1. The number of carbonyl (C=O) groups is 1. The Bertz CT molecular complexity index is 676. The number of aryl methyl sites for hydroxylation is 1. The Kier molecular flexibility index (Phi) is 4.13. The first-order chi connectivity index (χ1) is 10.6. The second-order valence-electron chi connectivity index (χ2n) is 5.85. The first kappa shape index (κ1) is 14.6. The van der Waals surface area contributed by atoms with E-state index in [1.807, 2.05) is 26.0 Å². The number of nitrogens with zero attached hydrogens (tertiary/aromatic N) is 1. The Labute approximate surface area is 129 Å². The van der Waals surface area contributed by atoms with Crippen LogP contribution in [0.5, 0.6) is 5.75 Å². The van der Waals surface area contributed by atoms with E-state index < -0.39 is 0 Å². The number of carbonyl (C=O) groups excluding carboxylic acids is 1. The summed E-state index contributed by atoms with van der Waals surface area (Å²) in [5.74, 6) is 1.21. The van der Waals surface area contributed by atoms with Crippen LogP contribution in [0.1, 0.15) is 53.6 Å². The number of amides is 1. The highest BCUT2D eigenvalue weighted by molar-refractivity contribution is 5.91. The number of hydrogen-bond donors (Lipinski definition) is 1. The van der Waals surface area contributed by atoms with E-state index in [1.54, 1.807) is 6.07 Å². The molecule has 0 aliphatic carbocycles. The lowest BCUT2D eigenvalue weighted by Gasteiger charge is -2.17. The summed E-state index contributed by atoms with van der Waals surface area (Å²) in [4.78, 5) is 12.1. The summed E-state index contributed by atoms with van der Waals surface area (Å²) in [5.41, 5.74) is 3.05. The molecule has 1 aliphatic heterocycles. The Morgan fingerprint density at radius 2 is 2.23 bits per heavy atom. The third kappa shape index (κ3) is 3.13. The molecule has 0 unspecified atom stereocenters. The molecule has 0 atom stereocenters. The zero-order valence-corrected chi connectivity index (χ0v) is 12.9. The van der Waals surface area contributed by atoms with Crippen LogP contribution in [0.2, 0.25) is 0 Å². The largest absolute Gasteiger partial charge is 0.493 e. The first-order valence-electron chi connectivity index (χ1n) is 7.63. The van der Waals surface area contributed by atoms with Gasteiger partial charge in [-0.15, -0.1) is 0 Å². The number of ether oxygens (including phenoxy) is 1. The van der Waals surface area contributed by atoms with E-state index >= 15 is 0 Å². The second kappa shape index (κ2) is 6.22. The molecule has 1 N–H and O–H groups in total. The fraction of sp³-hybridized carbons (Fsp3) is 0.412. The van der Waals surface area contributed by atoms with Gasteiger partial charge in [-0.3, -0.25) is 4.79 Å². The minimum absolute atomic E-state index is 0.242. The third-order valence-electron chi connectivity index (χ3n) is 3.77. The van der Waals surface area contributed by atoms with E-state index in [4.69, 9.17) is 9.26 Å². The van der Waals surface area contributed by atoms with Crippen molar-refractivity contribution in [2.24, 2.45) is 0 Å². The highest BCUT2D eigenvalue weighted by Crippen LogP contribution is 2.25. The van der Waals surface area contributed by atoms with Gasteiger partial charge in [0.25, 0.3) is 5.91 Å². The zero-order chi connectivity index (χ0) is 15.5. The van der Waals surface area contributed by atoms with E-state index in [0.717, 1.165) is 36.5 Å². The summed E-state index contributed by atoms with van der Waals surface area (Å²) in [6.45, 7) is 5.26. The van der Waals surface area contributed by atoms with Gasteiger partial charge in [0.05, 0.1) is 12.3 Å². The molecule has 3 rings (SSSR count). The molecule has 0 spiro atoms. The fourth-order valence-electron chi connectivity index (χ4n) is 2.46. The van der Waals surface area contributed by atoms with Gasteiger partial charge >= 0.3 is 0 Å². The number of nitrogens with one attached hydrogen (secondary N) is 1. The van der Waals surface area contributed by atoms with Crippen molar-refractivity contribution in [2.75, 3.05) is 6.61 Å². The smallest absolute Gasteiger partial charge is 0.290 e. The minimum Gasteiger partial charge on any atom is -0.493 e. The summed E-state index contributed by atoms with van der Waals surface area (Å²) in [5, 5.41) is 6.76. The molecule has 1 amide bonds. The molecule has 2 aromatic rings. The summed E-state index contributed by atoms with van der Waals surface area (Å²) >= 11 is 0. The van der Waals surface area contributed by atoms with Crippen LogP contribution in [0.15, 0.2) is 28.8 Å². The monoisotopic (exact) mass is 300 g/mol. The van der Waals surface area contributed by atoms with Crippen molar-refractivity contribution in [1.82, 2.24) is 10.5 Å². The van der Waals surface area contributed by atoms with Gasteiger partial charge in [0, 0.05) is 12.6 Å². The SMILES string of the molecule is CC(C)c1cc(C(=O)NCc2ccc3c(c2)CCCO3)on1. The van der Waals surface area contributed by atoms with Crippen molar-refractivity contribution in [3.05, 3.63) is 46.8 Å². The maximum Gasteiger partial charge on any atom is 0.290 e. The van der Waals surface area contributed by atoms with E-state index in [0.29, 0.717) is 6.54 Å². The van der Waals surface area contributed by atoms with Crippen LogP contribution in [0, 0.1) is 0 Å². The van der Waals surface area contributed by atoms with E-state index in [2.05, 4.69) is 16.5 Å². The normalized spacial score (nSPS) is 13.6. The van der Waals surface area contributed by atoms with Crippen molar-refractivity contribution in [1.29, 1.82) is 0 Å². The molecule has 0 fully saturated rings. The van der Waals surface area contributed by atoms with Crippen molar-refractivity contribution < 1.29 is 14.1 Å². The van der Waals surface area contributed by atoms with Crippen LogP contribution >= 0.6 is 0 Å². The van der Waals surface area contributed by atoms with Crippen molar-refractivity contribution in [3.63, 3.8) is 0 Å². The van der Waals surface area contributed by atoms with Gasteiger partial charge in [-0.05, 0) is 36.0 Å². The number of fused-ring (bicyclic) bond motifs is 1. The van der Waals surface area contributed by atoms with Crippen LogP contribution < -0.4 is 10.1 Å². The fourth-order valence-corrected chi connectivity index (χ4v) is 2.46. The lowest BCUT2D eigenvalue weighted by atomic mass is 10.0. The molecule has 5 heteroatoms. The Morgan fingerprint density at radius 1 is 1.36 bits per heavy atom. The summed E-state index contributed by atoms with van der Waals surface area (Å²) in [6.07, 6.45) is 2.07. The average molecular weight is 300 g/mol. The average Bonchev–Trinajstić information content (AvgIpc) is 3.03. The van der Waals surface area contributed by atoms with Gasteiger partial charge < -0.3 is 14.6 Å². The molecule has 5 nitrogen and oxygen atoms in total. The molecule has 0 saturated heterocycles. The number of rotatable bonds is 4. The molecule has 116 valence electrons. The molecule has 1 aliphatic rings. The van der Waals surface area contributed by atoms with Crippen molar-refractivity contribution >= 4 is 5.91 Å². The lowest BCUT2D eigenvalue weighted by molar-refractivity contribution is 0.0914. The standard InChI is InChI=1S/C17H20N2O3/c1-11(2)14-9-16(22-19-14)17(20)18-10-12-5-6-15-13(8-12)4-3-7-21-15/h5-6,8-9,11H,3-4,7,10H2,1-2H3,(H,18,20). The maximum absolute atomic E-state index is 12.1. The van der Waals surface area contributed by atoms with Crippen molar-refractivity contribution in [2.45, 2.75) is 39.2 Å². The molecule has 22 heavy (non-hydrogen) atoms. The molecule has 0 radical (unpaired) electrons. The summed E-state index contributed by atoms with van der Waals surface area (Å²) in [7, 11) is 0. The van der Waals surface area contributed by atoms with Gasteiger partial charge in [0.1, 0.15) is 5.75 Å². The number of benzene rings is 1. The Balaban J connectivity index is 1.63. The lowest BCUT2D eigenvalue weighted by Crippen LogP contribution is -2.22. The van der Waals surface area contributed by atoms with E-state index in [9.17, 15) is 4.79 Å². The third-order valence-corrected chi connectivity index (χ3v) is 3.77. The number of hydrogen-bond acceptors (Lipinski definition) is 4. The van der Waals surface area contributed by atoms with Gasteiger partial charge in [-0.1, -0.05) is 31.1 Å². The topological polar surface area (TPSA) is 64.4 Å². The number of aromatic nitrogens is 1. The molecule has 2 heterocycles. The predicted molar refractivity (Wildman–Crippen MR) is 82.0 cm³/mol. The van der Waals surface area contributed by atoms with Crippen LogP contribution in [-0.4, -0.2) is 17.7 Å². The Hall–Kier alpha value is -2.30. The van der Waals surface area contributed by atoms with Gasteiger partial charge in [-0.2, -0.15) is 0 Å². The molecule has 1 aromatic carbocycles. The zero-order valence-electron chi connectivity index (χ0n) is 12.9. The predicted octanol–water partition coefficient (Wildman–Crippen LogP) is 3.05. The molecular formula is C17H20N2O3. The van der Waals surface area contributed by atoms with Gasteiger partial charge in [-0.25, -0.2) is 0 Å². The van der Waals surface area contributed by atoms with Crippen LogP contribution in [0.3, 0.4) is 0 Å². The first-order valence-corrected chi connectivity index (χ1v) is 7.63. The molecule has 0 saturated carbocycles.